The summed E-state index contributed by atoms with van der Waals surface area (Å²) in [6, 6.07) is 0.470. The van der Waals surface area contributed by atoms with E-state index in [0.717, 1.165) is 12.0 Å². The Morgan fingerprint density at radius 2 is 1.53 bits per heavy atom. The van der Waals surface area contributed by atoms with E-state index < -0.39 is 5.97 Å². The van der Waals surface area contributed by atoms with Crippen molar-refractivity contribution in [1.82, 2.24) is 15.1 Å². The third-order valence-electron chi connectivity index (χ3n) is 5.55. The van der Waals surface area contributed by atoms with E-state index in [-0.39, 0.29) is 30.0 Å². The van der Waals surface area contributed by atoms with Gasteiger partial charge in [-0.2, -0.15) is 0 Å². The number of nitrogens with zero attached hydrogens (tertiary/aromatic N) is 2. The summed E-state index contributed by atoms with van der Waals surface area (Å²) < 4.78 is 0. The molecule has 1 aliphatic heterocycles. The molecular weight excluding hydrogens is 406 g/mol. The van der Waals surface area contributed by atoms with Gasteiger partial charge in [0.1, 0.15) is 0 Å². The van der Waals surface area contributed by atoms with Crippen LogP contribution in [0.15, 0.2) is 11.6 Å². The van der Waals surface area contributed by atoms with Crippen LogP contribution in [-0.4, -0.2) is 72.0 Å². The maximum absolute atomic E-state index is 11.7. The molecule has 32 heavy (non-hydrogen) atoms. The molecule has 0 spiro atoms. The zero-order valence-corrected chi connectivity index (χ0v) is 22.0. The minimum absolute atomic E-state index is 0.0736. The van der Waals surface area contributed by atoms with Crippen molar-refractivity contribution >= 4 is 18.3 Å². The summed E-state index contributed by atoms with van der Waals surface area (Å²) in [5.41, 5.74) is 0.191. The van der Waals surface area contributed by atoms with Crippen LogP contribution in [0.25, 0.3) is 0 Å². The zero-order chi connectivity index (χ0) is 25.3. The summed E-state index contributed by atoms with van der Waals surface area (Å²) in [4.78, 5) is 36.7. The number of carboxylic acid groups (broad SMARTS) is 1. The summed E-state index contributed by atoms with van der Waals surface area (Å²) in [6.45, 7) is 19.1. The molecule has 1 fully saturated rings. The molecule has 1 unspecified atom stereocenters. The molecular formula is C25H49N3O4. The molecule has 1 aliphatic rings. The first-order chi connectivity index (χ1) is 14.9. The fourth-order valence-corrected chi connectivity index (χ4v) is 3.25. The van der Waals surface area contributed by atoms with Gasteiger partial charge in [0, 0.05) is 18.7 Å². The smallest absolute Gasteiger partial charge is 0.331 e. The lowest BCUT2D eigenvalue weighted by Gasteiger charge is -2.34. The Labute approximate surface area is 196 Å². The van der Waals surface area contributed by atoms with Crippen LogP contribution in [0, 0.1) is 11.8 Å². The van der Waals surface area contributed by atoms with Crippen molar-refractivity contribution in [2.24, 2.45) is 11.8 Å². The van der Waals surface area contributed by atoms with Gasteiger partial charge < -0.3 is 20.2 Å². The number of piperidine rings is 1. The highest BCUT2D eigenvalue weighted by Gasteiger charge is 2.22. The average molecular weight is 456 g/mol. The van der Waals surface area contributed by atoms with E-state index in [9.17, 15) is 14.4 Å². The number of hydrogen-bond acceptors (Lipinski definition) is 4. The van der Waals surface area contributed by atoms with Gasteiger partial charge in [0.25, 0.3) is 0 Å². The zero-order valence-electron chi connectivity index (χ0n) is 22.0. The first-order valence-corrected chi connectivity index (χ1v) is 12.0. The number of nitrogens with one attached hydrogen (secondary N) is 1. The molecule has 1 rings (SSSR count). The number of hydrogen-bond donors (Lipinski definition) is 2. The van der Waals surface area contributed by atoms with Crippen LogP contribution >= 0.6 is 0 Å². The van der Waals surface area contributed by atoms with E-state index in [1.165, 1.54) is 50.6 Å². The number of likely N-dealkylation sites (N-methyl/N-ethyl adjacent to an activating group) is 1. The molecule has 1 saturated heterocycles. The fourth-order valence-electron chi connectivity index (χ4n) is 3.25. The van der Waals surface area contributed by atoms with E-state index in [0.29, 0.717) is 6.41 Å². The summed E-state index contributed by atoms with van der Waals surface area (Å²) in [5, 5.41) is 11.1. The van der Waals surface area contributed by atoms with Crippen LogP contribution in [0.5, 0.6) is 0 Å². The highest BCUT2D eigenvalue weighted by atomic mass is 16.4. The third-order valence-corrected chi connectivity index (χ3v) is 5.55. The predicted octanol–water partition coefficient (Wildman–Crippen LogP) is 4.18. The molecule has 0 aromatic heterocycles. The topological polar surface area (TPSA) is 90.0 Å². The van der Waals surface area contributed by atoms with Gasteiger partial charge in [-0.05, 0) is 51.6 Å². The normalized spacial score (nSPS) is 16.2. The van der Waals surface area contributed by atoms with Crippen LogP contribution in [0.2, 0.25) is 0 Å². The van der Waals surface area contributed by atoms with E-state index in [2.05, 4.69) is 44.8 Å². The molecule has 7 heteroatoms. The van der Waals surface area contributed by atoms with Gasteiger partial charge >= 0.3 is 5.97 Å². The lowest BCUT2D eigenvalue weighted by Crippen LogP contribution is -2.43. The van der Waals surface area contributed by atoms with Crippen molar-refractivity contribution in [1.29, 1.82) is 0 Å². The van der Waals surface area contributed by atoms with Crippen LogP contribution in [0.1, 0.15) is 81.1 Å². The maximum atomic E-state index is 11.7. The second kappa shape index (κ2) is 18.7. The minimum Gasteiger partial charge on any atom is -0.478 e. The number of amides is 2. The molecule has 2 N–H and O–H groups in total. The van der Waals surface area contributed by atoms with Crippen LogP contribution in [0.3, 0.4) is 0 Å². The Balaban J connectivity index is 0. The van der Waals surface area contributed by atoms with Gasteiger partial charge in [-0.25, -0.2) is 4.79 Å². The average Bonchev–Trinajstić information content (AvgIpc) is 2.75. The molecule has 2 amide bonds. The van der Waals surface area contributed by atoms with Crippen molar-refractivity contribution in [3.05, 3.63) is 11.6 Å². The Hall–Kier alpha value is -1.89. The standard InChI is InChI=1S/C12H20N2O4.C10H21N.C3H8/c1-8(2)10(5-9(3)12(17)18)14(4)11(16)6-13-7-15;1-9(2)10(3)11-7-5-4-6-8-11;1-3-2/h5,7-8,10H,6H2,1-4H3,(H,13,15)(H,17,18);9-10H,4-8H2,1-3H3;3H2,1-2H3/b9-5+;;/t10-;;/m1../s1. The Kier molecular flexibility index (Phi) is 18.8. The van der Waals surface area contributed by atoms with Gasteiger partial charge in [0.05, 0.1) is 12.6 Å². The number of carbonyl (C=O) groups is 3. The Morgan fingerprint density at radius 3 is 1.91 bits per heavy atom. The molecule has 0 aliphatic carbocycles. The van der Waals surface area contributed by atoms with Gasteiger partial charge in [0.15, 0.2) is 0 Å². The highest BCUT2D eigenvalue weighted by Crippen LogP contribution is 2.16. The Morgan fingerprint density at radius 1 is 1.03 bits per heavy atom. The van der Waals surface area contributed by atoms with E-state index in [1.807, 2.05) is 13.8 Å². The van der Waals surface area contributed by atoms with Crippen molar-refractivity contribution in [2.75, 3.05) is 26.7 Å². The van der Waals surface area contributed by atoms with Crippen molar-refractivity contribution in [3.63, 3.8) is 0 Å². The first kappa shape index (κ1) is 32.3. The van der Waals surface area contributed by atoms with Crippen LogP contribution in [0.4, 0.5) is 0 Å². The molecule has 7 nitrogen and oxygen atoms in total. The van der Waals surface area contributed by atoms with Gasteiger partial charge in [-0.15, -0.1) is 0 Å². The summed E-state index contributed by atoms with van der Waals surface area (Å²) in [6.07, 6.45) is 7.52. The van der Waals surface area contributed by atoms with Crippen molar-refractivity contribution in [3.8, 4) is 0 Å². The van der Waals surface area contributed by atoms with Crippen molar-refractivity contribution < 1.29 is 19.5 Å². The molecule has 0 aromatic carbocycles. The SMILES string of the molecule is C/C(=C\[C@H](C(C)C)N(C)C(=O)CNC=O)C(=O)O.CC(C)C(C)N1CCCCC1.CCC. The second-order valence-corrected chi connectivity index (χ2v) is 9.18. The largest absolute Gasteiger partial charge is 0.478 e. The number of aliphatic carboxylic acids is 1. The predicted molar refractivity (Wildman–Crippen MR) is 133 cm³/mol. The summed E-state index contributed by atoms with van der Waals surface area (Å²) in [5.74, 6) is -0.389. The maximum Gasteiger partial charge on any atom is 0.331 e. The highest BCUT2D eigenvalue weighted by molar-refractivity contribution is 5.86. The number of carboxylic acids is 1. The second-order valence-electron chi connectivity index (χ2n) is 9.18. The van der Waals surface area contributed by atoms with Gasteiger partial charge in [0.2, 0.25) is 12.3 Å². The molecule has 188 valence electrons. The van der Waals surface area contributed by atoms with Gasteiger partial charge in [-0.3, -0.25) is 9.59 Å². The number of rotatable bonds is 9. The van der Waals surface area contributed by atoms with Crippen molar-refractivity contribution in [2.45, 2.75) is 93.2 Å². The first-order valence-electron chi connectivity index (χ1n) is 12.0. The number of likely N-dealkylation sites (tertiary alicyclic amines) is 1. The van der Waals surface area contributed by atoms with E-state index in [4.69, 9.17) is 5.11 Å². The molecule has 0 saturated carbocycles. The fraction of sp³-hybridized carbons (Fsp3) is 0.800. The molecule has 1 heterocycles. The molecule has 0 radical (unpaired) electrons. The Bertz CT molecular complexity index is 555. The summed E-state index contributed by atoms with van der Waals surface area (Å²) >= 11 is 0. The quantitative estimate of drug-likeness (QED) is 0.402. The minimum atomic E-state index is -1.01. The lowest BCUT2D eigenvalue weighted by atomic mass is 10.00. The van der Waals surface area contributed by atoms with Gasteiger partial charge in [-0.1, -0.05) is 60.5 Å². The lowest BCUT2D eigenvalue weighted by molar-refractivity contribution is -0.133. The van der Waals surface area contributed by atoms with Crippen LogP contribution in [-0.2, 0) is 14.4 Å². The number of carbonyl (C=O) groups excluding carboxylic acids is 2. The molecule has 2 atom stereocenters. The molecule has 0 aromatic rings. The monoisotopic (exact) mass is 455 g/mol. The third kappa shape index (κ3) is 14.2. The van der Waals surface area contributed by atoms with E-state index in [1.54, 1.807) is 13.1 Å². The van der Waals surface area contributed by atoms with E-state index >= 15 is 0 Å². The van der Waals surface area contributed by atoms with Crippen LogP contribution < -0.4 is 5.32 Å². The molecule has 0 bridgehead atoms. The summed E-state index contributed by atoms with van der Waals surface area (Å²) in [7, 11) is 1.59.